The molecule has 0 aromatic heterocycles. The maximum Gasteiger partial charge on any atom is 0.118 e. The number of benzene rings is 1. The molecule has 0 heterocycles. The highest BCUT2D eigenvalue weighted by Crippen LogP contribution is 2.56. The van der Waals surface area contributed by atoms with Crippen molar-refractivity contribution in [2.75, 3.05) is 20.1 Å². The zero-order chi connectivity index (χ0) is 20.8. The standard InChI is InChI=1S/C24H41NO2.102H2/c1-10-25(9)15-23(8,20-11-12-21(26)18(4)17(20)3)24(27)14-13-16(2)22(6,7)19(24)5;;;;;;;;;;;;;;;;;;;;;;;;;;;;;;;;;;;;;;;;;;;;;;;;;;;;;;;;;;;;;;;;;;;;;;;;;;;;;;;;;;;;;;;;;;;;;;;;;;;;;;/h11-12,16,19,26-27H,10,13-15H2,1-9H3;102*1H. The molecule has 0 radical (unpaired) electrons. The van der Waals surface area contributed by atoms with Gasteiger partial charge in [-0.05, 0) is 80.3 Å². The molecule has 27 heavy (non-hydrogen) atoms. The second-order valence-electron chi connectivity index (χ2n) is 9.95. The van der Waals surface area contributed by atoms with Crippen molar-refractivity contribution in [3.8, 4) is 5.75 Å². The smallest absolute Gasteiger partial charge is 0.118 e. The first-order valence-corrected chi connectivity index (χ1v) is 10.5. The molecule has 4 atom stereocenters. The molecular formula is C24H245NO2. The lowest BCUT2D eigenvalue weighted by molar-refractivity contribution is -0.162. The molecule has 0 amide bonds. The Morgan fingerprint density at radius 3 is 2.37 bits per heavy atom. The predicted molar refractivity (Wildman–Crippen MR) is 330 cm³/mol. The van der Waals surface area contributed by atoms with Crippen molar-refractivity contribution in [2.45, 2.75) is 79.2 Å². The Balaban J connectivity index is -0.000000000776. The van der Waals surface area contributed by atoms with Gasteiger partial charge in [-0.15, -0.1) is 0 Å². The van der Waals surface area contributed by atoms with Crippen molar-refractivity contribution in [3.63, 3.8) is 0 Å². The molecule has 358 valence electrons. The van der Waals surface area contributed by atoms with E-state index in [0.717, 1.165) is 42.6 Å². The average molecular weight is 581 g/mol. The molecule has 1 saturated carbocycles. The molecule has 1 aliphatic rings. The van der Waals surface area contributed by atoms with Crippen molar-refractivity contribution < 1.29 is 156 Å². The number of hydrogen-bond donors (Lipinski definition) is 2. The third kappa shape index (κ3) is 3.42. The molecule has 1 aromatic rings. The third-order valence-electron chi connectivity index (χ3n) is 8.50. The van der Waals surface area contributed by atoms with E-state index in [0.29, 0.717) is 11.7 Å². The maximum atomic E-state index is 12.3. The summed E-state index contributed by atoms with van der Waals surface area (Å²) in [6.45, 7) is 19.4. The van der Waals surface area contributed by atoms with Crippen LogP contribution >= 0.6 is 0 Å². The summed E-state index contributed by atoms with van der Waals surface area (Å²) in [6.07, 6.45) is 1.85. The van der Waals surface area contributed by atoms with Gasteiger partial charge in [-0.25, -0.2) is 0 Å². The van der Waals surface area contributed by atoms with E-state index < -0.39 is 11.0 Å². The van der Waals surface area contributed by atoms with E-state index in [1.165, 1.54) is 0 Å². The van der Waals surface area contributed by atoms with Gasteiger partial charge in [0.1, 0.15) is 5.75 Å². The number of aliphatic hydroxyl groups is 1. The summed E-state index contributed by atoms with van der Waals surface area (Å²) >= 11 is 0. The Kier molecular flexibility index (Phi) is 6.10. The Morgan fingerprint density at radius 1 is 1.22 bits per heavy atom. The van der Waals surface area contributed by atoms with Gasteiger partial charge in [-0.3, -0.25) is 0 Å². The van der Waals surface area contributed by atoms with Crippen molar-refractivity contribution in [2.24, 2.45) is 17.3 Å². The van der Waals surface area contributed by atoms with Crippen LogP contribution in [0.5, 0.6) is 5.75 Å². The normalized spacial score (nSPS) is 30.3. The van der Waals surface area contributed by atoms with Gasteiger partial charge in [0.25, 0.3) is 0 Å². The lowest BCUT2D eigenvalue weighted by Gasteiger charge is -2.59. The molecule has 1 fully saturated rings. The lowest BCUT2D eigenvalue weighted by atomic mass is 9.49. The van der Waals surface area contributed by atoms with Crippen LogP contribution in [-0.4, -0.2) is 40.9 Å². The van der Waals surface area contributed by atoms with Crippen LogP contribution in [0.2, 0.25) is 0 Å². The van der Waals surface area contributed by atoms with Gasteiger partial charge in [-0.2, -0.15) is 0 Å². The van der Waals surface area contributed by atoms with Gasteiger partial charge in [0.15, 0.2) is 0 Å². The molecule has 1 aromatic carbocycles. The second-order valence-corrected chi connectivity index (χ2v) is 9.95. The van der Waals surface area contributed by atoms with Crippen molar-refractivity contribution >= 4 is 0 Å². The molecule has 4 unspecified atom stereocenters. The van der Waals surface area contributed by atoms with Gasteiger partial charge in [0.2, 0.25) is 0 Å². The van der Waals surface area contributed by atoms with Gasteiger partial charge >= 0.3 is 0 Å². The van der Waals surface area contributed by atoms with Crippen LogP contribution < -0.4 is 0 Å². The van der Waals surface area contributed by atoms with E-state index in [4.69, 9.17) is 0 Å². The second kappa shape index (κ2) is 7.40. The Morgan fingerprint density at radius 2 is 1.81 bits per heavy atom. The van der Waals surface area contributed by atoms with Crippen molar-refractivity contribution in [1.82, 2.24) is 4.90 Å². The molecule has 0 saturated heterocycles. The number of hydrogen-bond acceptors (Lipinski definition) is 3. The molecular weight excluding hydrogens is 334 g/mol. The fraction of sp³-hybridized carbons (Fsp3) is 0.750. The minimum Gasteiger partial charge on any atom is -0.508 e. The number of likely N-dealkylation sites (N-methyl/N-ethyl adjacent to an activating group) is 1. The summed E-state index contributed by atoms with van der Waals surface area (Å²) in [7, 11) is 2.13. The summed E-state index contributed by atoms with van der Waals surface area (Å²) < 4.78 is 0. The number of nitrogens with zero attached hydrogens (tertiary/aromatic N) is 1. The summed E-state index contributed by atoms with van der Waals surface area (Å²) in [6, 6.07) is 3.84. The summed E-state index contributed by atoms with van der Waals surface area (Å²) in [5.74, 6) is 1.08. The van der Waals surface area contributed by atoms with Crippen molar-refractivity contribution in [1.29, 1.82) is 0 Å². The molecule has 0 bridgehead atoms. The number of rotatable bonds is 5. The van der Waals surface area contributed by atoms with Gasteiger partial charge < -0.3 is 15.1 Å². The van der Waals surface area contributed by atoms with Crippen LogP contribution in [0.3, 0.4) is 0 Å². The SMILES string of the molecule is CCN(C)CC(C)(c1ccc(O)c(C)c1C)C1(O)CCC(C)C(C)(C)C1C.[HH].[HH].[HH].[HH].[HH].[HH].[HH].[HH].[HH].[HH].[HH].[HH].[HH].[HH].[HH].[HH].[HH].[HH].[HH].[HH].[HH].[HH].[HH].[HH].[HH].[HH].[HH].[HH].[HH].[HH].[HH].[HH].[HH].[HH].[HH].[HH].[HH].[HH].[HH].[HH].[HH].[HH].[HH].[HH].[HH].[HH].[HH].[HH].[HH].[HH].[HH].[HH].[HH].[HH].[HH].[HH].[HH].[HH].[HH].[HH].[HH].[HH].[HH].[HH].[HH].[HH].[HH].[HH].[HH].[HH].[HH].[HH].[HH].[HH].[HH].[HH].[HH].[HH].[HH].[HH].[HH].[HH].[HH].[HH].[HH].[HH].[HH].[HH].[HH].[HH].[HH].[HH].[HH].[HH].[HH].[HH].[HH].[HH].[HH].[HH].[HH].[HH]. The van der Waals surface area contributed by atoms with Gasteiger partial charge in [0.05, 0.1) is 5.60 Å². The molecule has 0 aliphatic heterocycles. The van der Waals surface area contributed by atoms with E-state index in [9.17, 15) is 10.2 Å². The molecule has 1 aliphatic carbocycles. The van der Waals surface area contributed by atoms with Crippen molar-refractivity contribution in [3.05, 3.63) is 28.8 Å². The Bertz CT molecular complexity index is 779. The topological polar surface area (TPSA) is 43.7 Å². The van der Waals surface area contributed by atoms with E-state index in [1.807, 2.05) is 13.0 Å². The summed E-state index contributed by atoms with van der Waals surface area (Å²) in [5.41, 5.74) is 2.02. The van der Waals surface area contributed by atoms with Gasteiger partial charge in [-0.1, -0.05) is 47.6 Å². The molecule has 2 N–H and O–H groups in total. The van der Waals surface area contributed by atoms with Crippen LogP contribution in [0.15, 0.2) is 12.1 Å². The summed E-state index contributed by atoms with van der Waals surface area (Å²) in [5, 5.41) is 22.5. The van der Waals surface area contributed by atoms with Crippen LogP contribution in [0.4, 0.5) is 0 Å². The fourth-order valence-electron chi connectivity index (χ4n) is 5.33. The van der Waals surface area contributed by atoms with Crippen LogP contribution in [-0.2, 0) is 5.41 Å². The first-order chi connectivity index (χ1) is 12.3. The van der Waals surface area contributed by atoms with Crippen LogP contribution in [0, 0.1) is 31.1 Å². The van der Waals surface area contributed by atoms with Gasteiger partial charge in [0, 0.05) is 157 Å². The minimum atomic E-state index is -0.805. The van der Waals surface area contributed by atoms with Crippen LogP contribution in [0.1, 0.15) is 217 Å². The highest BCUT2D eigenvalue weighted by molar-refractivity contribution is 5.47. The first kappa shape index (κ1) is 22.2. The molecule has 3 nitrogen and oxygen atoms in total. The molecule has 3 heteroatoms. The zero-order valence-electron chi connectivity index (χ0n) is 19.0. The van der Waals surface area contributed by atoms with E-state index in [-0.39, 0.29) is 157 Å². The monoisotopic (exact) mass is 581 g/mol. The largest absolute Gasteiger partial charge is 0.508 e. The zero-order valence-corrected chi connectivity index (χ0v) is 19.0. The highest BCUT2D eigenvalue weighted by atomic mass is 16.3. The van der Waals surface area contributed by atoms with E-state index in [1.54, 1.807) is 6.07 Å². The maximum absolute atomic E-state index is 12.3. The number of aromatic hydroxyl groups is 1. The summed E-state index contributed by atoms with van der Waals surface area (Å²) in [4.78, 5) is 2.30. The quantitative estimate of drug-likeness (QED) is 0.364. The molecule has 0 spiro atoms. The lowest BCUT2D eigenvalue weighted by Crippen LogP contribution is -2.64. The molecule has 2 rings (SSSR count). The fourth-order valence-corrected chi connectivity index (χ4v) is 5.33. The first-order valence-electron chi connectivity index (χ1n) is 10.5. The Labute approximate surface area is 318 Å². The number of phenols is 1. The highest BCUT2D eigenvalue weighted by Gasteiger charge is 2.58. The average Bonchev–Trinajstić information content (AvgIpc) is 2.61. The minimum absolute atomic E-state index is 0. The predicted octanol–water partition coefficient (Wildman–Crippen LogP) is 30.1. The van der Waals surface area contributed by atoms with E-state index in [2.05, 4.69) is 60.4 Å². The van der Waals surface area contributed by atoms with Crippen LogP contribution in [0.25, 0.3) is 0 Å². The third-order valence-corrected chi connectivity index (χ3v) is 8.50. The number of phenolic OH excluding ortho intramolecular Hbond substituents is 1. The van der Waals surface area contributed by atoms with E-state index >= 15 is 0 Å². The Hall–Kier alpha value is -1.06.